The first-order valence-electron chi connectivity index (χ1n) is 10.6. The Kier molecular flexibility index (Phi) is 4.99. The molecule has 7 nitrogen and oxygen atoms in total. The lowest BCUT2D eigenvalue weighted by Crippen LogP contribution is -2.42. The van der Waals surface area contributed by atoms with Gasteiger partial charge in [0.1, 0.15) is 28.6 Å². The van der Waals surface area contributed by atoms with Gasteiger partial charge in [-0.15, -0.1) is 0 Å². The van der Waals surface area contributed by atoms with Gasteiger partial charge in [-0.3, -0.25) is 4.68 Å². The molecule has 34 heavy (non-hydrogen) atoms. The minimum Gasteiger partial charge on any atom is -0.496 e. The third-order valence-electron chi connectivity index (χ3n) is 6.24. The molecule has 3 N–H and O–H groups in total. The number of nitrogen functional groups attached to an aromatic ring is 1. The molecule has 0 spiro atoms. The zero-order valence-corrected chi connectivity index (χ0v) is 18.5. The lowest BCUT2D eigenvalue weighted by atomic mass is 9.77. The maximum atomic E-state index is 15.9. The summed E-state index contributed by atoms with van der Waals surface area (Å²) in [5.74, 6) is -0.758. The maximum absolute atomic E-state index is 15.9. The van der Waals surface area contributed by atoms with Crippen molar-refractivity contribution in [3.05, 3.63) is 65.5 Å². The Labute approximate surface area is 194 Å². The van der Waals surface area contributed by atoms with Crippen molar-refractivity contribution in [2.45, 2.75) is 31.4 Å². The van der Waals surface area contributed by atoms with Crippen molar-refractivity contribution in [3.63, 3.8) is 0 Å². The van der Waals surface area contributed by atoms with E-state index >= 15 is 4.39 Å². The summed E-state index contributed by atoms with van der Waals surface area (Å²) in [5.41, 5.74) is 5.92. The molecule has 0 aliphatic heterocycles. The van der Waals surface area contributed by atoms with Crippen molar-refractivity contribution in [2.24, 2.45) is 0 Å². The van der Waals surface area contributed by atoms with Gasteiger partial charge in [0.2, 0.25) is 0 Å². The summed E-state index contributed by atoms with van der Waals surface area (Å²) in [7, 11) is 1.44. The minimum absolute atomic E-state index is 0.0296. The fourth-order valence-corrected chi connectivity index (χ4v) is 4.52. The van der Waals surface area contributed by atoms with Gasteiger partial charge in [-0.2, -0.15) is 5.10 Å². The Morgan fingerprint density at radius 1 is 1.21 bits per heavy atom. The molecule has 172 valence electrons. The zero-order valence-electron chi connectivity index (χ0n) is 18.5. The largest absolute Gasteiger partial charge is 0.496 e. The topological polar surface area (TPSA) is 90.5 Å². The van der Waals surface area contributed by atoms with E-state index in [-0.39, 0.29) is 45.6 Å². The molecule has 0 saturated heterocycles. The van der Waals surface area contributed by atoms with Crippen LogP contribution < -0.4 is 10.5 Å². The molecule has 2 aromatic carbocycles. The first-order valence-corrected chi connectivity index (χ1v) is 10.6. The van der Waals surface area contributed by atoms with Crippen molar-refractivity contribution in [1.29, 1.82) is 0 Å². The van der Waals surface area contributed by atoms with E-state index < -0.39 is 17.2 Å². The lowest BCUT2D eigenvalue weighted by molar-refractivity contribution is -0.0535. The summed E-state index contributed by atoms with van der Waals surface area (Å²) in [6.07, 6.45) is 0.863. The first-order chi connectivity index (χ1) is 16.2. The van der Waals surface area contributed by atoms with Crippen molar-refractivity contribution in [3.8, 4) is 28.3 Å². The first kappa shape index (κ1) is 21.8. The quantitative estimate of drug-likeness (QED) is 0.404. The predicted molar refractivity (Wildman–Crippen MR) is 124 cm³/mol. The maximum Gasteiger partial charge on any atom is 0.254 e. The Bertz CT molecular complexity index is 1480. The van der Waals surface area contributed by atoms with Crippen LogP contribution in [0.25, 0.3) is 38.3 Å². The van der Waals surface area contributed by atoms with Crippen LogP contribution in [0, 0.1) is 18.2 Å². The highest BCUT2D eigenvalue weighted by atomic mass is 19.1. The number of pyridine rings is 1. The van der Waals surface area contributed by atoms with Crippen molar-refractivity contribution >= 4 is 22.4 Å². The zero-order chi connectivity index (χ0) is 24.2. The van der Waals surface area contributed by atoms with Gasteiger partial charge in [-0.1, -0.05) is 18.2 Å². The number of hydrogen-bond donors (Lipinski definition) is 2. The third kappa shape index (κ3) is 3.35. The number of rotatable bonds is 4. The normalized spacial score (nSPS) is 19.6. The number of ether oxygens (including phenoxy) is 1. The van der Waals surface area contributed by atoms with Crippen LogP contribution in [-0.4, -0.2) is 32.6 Å². The van der Waals surface area contributed by atoms with Crippen LogP contribution in [-0.2, 0) is 0 Å². The van der Waals surface area contributed by atoms with E-state index in [4.69, 9.17) is 17.0 Å². The third-order valence-corrected chi connectivity index (χ3v) is 6.24. The summed E-state index contributed by atoms with van der Waals surface area (Å²) in [4.78, 5) is 7.89. The van der Waals surface area contributed by atoms with E-state index in [0.29, 0.717) is 24.0 Å². The van der Waals surface area contributed by atoms with Gasteiger partial charge in [0.15, 0.2) is 5.82 Å². The second-order valence-corrected chi connectivity index (χ2v) is 8.71. The van der Waals surface area contributed by atoms with Crippen LogP contribution in [0.5, 0.6) is 5.75 Å². The number of fused-ring (bicyclic) bond motifs is 1. The molecule has 1 aliphatic carbocycles. The summed E-state index contributed by atoms with van der Waals surface area (Å²) in [5, 5.41) is 14.9. The highest BCUT2D eigenvalue weighted by molar-refractivity contribution is 5.94. The number of halogens is 2. The Morgan fingerprint density at radius 3 is 2.59 bits per heavy atom. The van der Waals surface area contributed by atoms with Gasteiger partial charge in [-0.25, -0.2) is 18.6 Å². The molecule has 0 amide bonds. The fraction of sp³-hybridized carbons (Fsp3) is 0.240. The molecular formula is C25H21F2N5O2. The van der Waals surface area contributed by atoms with Crippen LogP contribution >= 0.6 is 0 Å². The monoisotopic (exact) mass is 461 g/mol. The van der Waals surface area contributed by atoms with E-state index in [9.17, 15) is 9.50 Å². The SMILES string of the molecule is [C-]#[N+]c1c(-c2ccc3c(OC)cc(-c4ccccc4F)nc3c2F)nn(C2CC(C)(O)C2)c1N. The molecule has 9 heteroatoms. The standard InChI is InChI=1S/C25H21F2N5O2/c1-25(33)11-13(12-25)32-24(28)23(29-2)22(31-32)16-9-8-15-19(34-3)10-18(30-21(15)20(16)27)14-6-4-5-7-17(14)26/h4-10,13,33H,11-12,28H2,1,3H3. The molecule has 0 atom stereocenters. The summed E-state index contributed by atoms with van der Waals surface area (Å²) in [6.45, 7) is 9.31. The van der Waals surface area contributed by atoms with E-state index in [0.717, 1.165) is 0 Å². The van der Waals surface area contributed by atoms with Crippen molar-refractivity contribution < 1.29 is 18.6 Å². The van der Waals surface area contributed by atoms with Gasteiger partial charge in [0.25, 0.3) is 5.69 Å². The molecule has 1 fully saturated rings. The van der Waals surface area contributed by atoms with Gasteiger partial charge in [-0.05, 0) is 38.0 Å². The second kappa shape index (κ2) is 7.78. The van der Waals surface area contributed by atoms with Gasteiger partial charge >= 0.3 is 0 Å². The number of nitrogens with two attached hydrogens (primary N) is 1. The Morgan fingerprint density at radius 2 is 1.94 bits per heavy atom. The molecule has 0 radical (unpaired) electrons. The molecule has 0 bridgehead atoms. The van der Waals surface area contributed by atoms with Crippen molar-refractivity contribution in [2.75, 3.05) is 12.8 Å². The van der Waals surface area contributed by atoms with E-state index in [1.807, 2.05) is 0 Å². The van der Waals surface area contributed by atoms with Gasteiger partial charge < -0.3 is 15.6 Å². The van der Waals surface area contributed by atoms with E-state index in [1.54, 1.807) is 37.3 Å². The summed E-state index contributed by atoms with van der Waals surface area (Å²) < 4.78 is 37.2. The minimum atomic E-state index is -0.820. The number of aromatic nitrogens is 3. The highest BCUT2D eigenvalue weighted by Gasteiger charge is 2.41. The van der Waals surface area contributed by atoms with Crippen LogP contribution in [0.15, 0.2) is 42.5 Å². The average molecular weight is 461 g/mol. The number of benzene rings is 2. The van der Waals surface area contributed by atoms with Crippen LogP contribution in [0.2, 0.25) is 0 Å². The summed E-state index contributed by atoms with van der Waals surface area (Å²) >= 11 is 0. The predicted octanol–water partition coefficient (Wildman–Crippen LogP) is 5.27. The molecule has 2 heterocycles. The number of aliphatic hydroxyl groups is 1. The van der Waals surface area contributed by atoms with E-state index in [1.165, 1.54) is 23.9 Å². The molecule has 1 aliphatic rings. The van der Waals surface area contributed by atoms with E-state index in [2.05, 4.69) is 14.9 Å². The molecule has 1 saturated carbocycles. The summed E-state index contributed by atoms with van der Waals surface area (Å²) in [6, 6.07) is 10.6. The number of methoxy groups -OCH3 is 1. The molecular weight excluding hydrogens is 440 g/mol. The highest BCUT2D eigenvalue weighted by Crippen LogP contribution is 2.46. The molecule has 4 aromatic rings. The van der Waals surface area contributed by atoms with Crippen LogP contribution in [0.1, 0.15) is 25.8 Å². The van der Waals surface area contributed by atoms with Gasteiger partial charge in [0, 0.05) is 22.6 Å². The number of nitrogens with zero attached hydrogens (tertiary/aromatic N) is 4. The second-order valence-electron chi connectivity index (χ2n) is 8.71. The average Bonchev–Trinajstić information content (AvgIpc) is 3.13. The molecule has 0 unspecified atom stereocenters. The van der Waals surface area contributed by atoms with Crippen LogP contribution in [0.3, 0.4) is 0 Å². The number of hydrogen-bond acceptors (Lipinski definition) is 5. The lowest BCUT2D eigenvalue weighted by Gasteiger charge is -2.41. The van der Waals surface area contributed by atoms with Crippen LogP contribution in [0.4, 0.5) is 20.3 Å². The smallest absolute Gasteiger partial charge is 0.254 e. The Balaban J connectivity index is 1.70. The van der Waals surface area contributed by atoms with Crippen molar-refractivity contribution in [1.82, 2.24) is 14.8 Å². The fourth-order valence-electron chi connectivity index (χ4n) is 4.52. The number of anilines is 1. The van der Waals surface area contributed by atoms with Gasteiger partial charge in [0.05, 0.1) is 31.0 Å². The molecule has 2 aromatic heterocycles. The Hall–Kier alpha value is -4.03. The molecule has 5 rings (SSSR count).